The van der Waals surface area contributed by atoms with Gasteiger partial charge in [0.1, 0.15) is 5.69 Å². The molecule has 0 radical (unpaired) electrons. The lowest BCUT2D eigenvalue weighted by Gasteiger charge is -2.30. The molecule has 2 aromatic rings. The third kappa shape index (κ3) is 2.69. The summed E-state index contributed by atoms with van der Waals surface area (Å²) >= 11 is 0. The molecule has 1 aromatic carbocycles. The van der Waals surface area contributed by atoms with Crippen LogP contribution in [0.4, 0.5) is 5.69 Å². The smallest absolute Gasteiger partial charge is 0.278 e. The second kappa shape index (κ2) is 5.99. The number of sulfonamides is 1. The number of rotatable bonds is 3. The quantitative estimate of drug-likeness (QED) is 0.812. The second-order valence-electron chi connectivity index (χ2n) is 5.88. The molecule has 1 aromatic heterocycles. The van der Waals surface area contributed by atoms with Gasteiger partial charge in [0.15, 0.2) is 0 Å². The Morgan fingerprint density at radius 3 is 2.67 bits per heavy atom. The van der Waals surface area contributed by atoms with Crippen molar-refractivity contribution in [3.63, 3.8) is 0 Å². The van der Waals surface area contributed by atoms with E-state index in [1.165, 1.54) is 25.0 Å². The minimum absolute atomic E-state index is 0.175. The number of hydrogen-bond donors (Lipinski definition) is 0. The van der Waals surface area contributed by atoms with E-state index in [1.807, 2.05) is 0 Å². The molecule has 1 amide bonds. The summed E-state index contributed by atoms with van der Waals surface area (Å²) in [6, 6.07) is 4.95. The number of aromatic nitrogens is 3. The Labute approximate surface area is 140 Å². The Hall–Kier alpha value is -2.26. The predicted octanol–water partition coefficient (Wildman–Crippen LogP) is 0.658. The first-order valence-electron chi connectivity index (χ1n) is 7.54. The third-order valence-corrected chi connectivity index (χ3v) is 5.94. The van der Waals surface area contributed by atoms with Gasteiger partial charge in [-0.1, -0.05) is 11.3 Å². The van der Waals surface area contributed by atoms with Crippen LogP contribution in [-0.2, 0) is 23.5 Å². The number of carbonyl (C=O) groups excluding carboxylic acids is 1. The molecule has 3 rings (SSSR count). The van der Waals surface area contributed by atoms with Gasteiger partial charge in [-0.2, -0.15) is 0 Å². The van der Waals surface area contributed by atoms with E-state index in [0.29, 0.717) is 17.9 Å². The number of carbonyl (C=O) groups is 1. The molecule has 1 aliphatic heterocycles. The molecular weight excluding hydrogens is 330 g/mol. The van der Waals surface area contributed by atoms with E-state index in [0.717, 1.165) is 22.7 Å². The van der Waals surface area contributed by atoms with Gasteiger partial charge < -0.3 is 4.90 Å². The number of amides is 1. The van der Waals surface area contributed by atoms with Crippen LogP contribution >= 0.6 is 0 Å². The highest BCUT2D eigenvalue weighted by Crippen LogP contribution is 2.31. The summed E-state index contributed by atoms with van der Waals surface area (Å²) in [5.74, 6) is -0.233. The van der Waals surface area contributed by atoms with E-state index >= 15 is 0 Å². The second-order valence-corrected chi connectivity index (χ2v) is 8.03. The van der Waals surface area contributed by atoms with Crippen molar-refractivity contribution in [2.75, 3.05) is 25.5 Å². The molecule has 1 aliphatic rings. The van der Waals surface area contributed by atoms with Crippen molar-refractivity contribution < 1.29 is 13.2 Å². The van der Waals surface area contributed by atoms with Crippen LogP contribution < -0.4 is 4.90 Å². The molecule has 8 nitrogen and oxygen atoms in total. The van der Waals surface area contributed by atoms with Crippen molar-refractivity contribution in [3.05, 3.63) is 35.7 Å². The van der Waals surface area contributed by atoms with E-state index in [9.17, 15) is 13.2 Å². The van der Waals surface area contributed by atoms with Crippen LogP contribution in [0.5, 0.6) is 0 Å². The zero-order chi connectivity index (χ0) is 17.5. The summed E-state index contributed by atoms with van der Waals surface area (Å²) in [7, 11) is 1.07. The highest BCUT2D eigenvalue weighted by Gasteiger charge is 2.28. The highest BCUT2D eigenvalue weighted by molar-refractivity contribution is 7.89. The number of fused-ring (bicyclic) bond motifs is 1. The minimum atomic E-state index is -3.56. The van der Waals surface area contributed by atoms with Crippen molar-refractivity contribution >= 4 is 21.6 Å². The van der Waals surface area contributed by atoms with Crippen LogP contribution in [-0.4, -0.2) is 54.3 Å². The molecule has 0 aliphatic carbocycles. The van der Waals surface area contributed by atoms with Crippen molar-refractivity contribution in [1.29, 1.82) is 0 Å². The summed E-state index contributed by atoms with van der Waals surface area (Å²) in [6.07, 6.45) is 3.05. The van der Waals surface area contributed by atoms with Gasteiger partial charge in [-0.3, -0.25) is 4.79 Å². The monoisotopic (exact) mass is 349 g/mol. The average molecular weight is 349 g/mol. The Morgan fingerprint density at radius 2 is 2.04 bits per heavy atom. The van der Waals surface area contributed by atoms with Gasteiger partial charge in [0.25, 0.3) is 5.91 Å². The predicted molar refractivity (Wildman–Crippen MR) is 88.3 cm³/mol. The van der Waals surface area contributed by atoms with Gasteiger partial charge in [0.2, 0.25) is 10.0 Å². The molecule has 128 valence electrons. The van der Waals surface area contributed by atoms with Crippen LogP contribution in [0, 0.1) is 0 Å². The summed E-state index contributed by atoms with van der Waals surface area (Å²) in [6.45, 7) is 0.530. The van der Waals surface area contributed by atoms with Crippen LogP contribution in [0.3, 0.4) is 0 Å². The van der Waals surface area contributed by atoms with Crippen LogP contribution in [0.25, 0.3) is 0 Å². The van der Waals surface area contributed by atoms with Gasteiger partial charge in [-0.25, -0.2) is 17.4 Å². The lowest BCUT2D eigenvalue weighted by atomic mass is 10.0. The molecule has 0 unspecified atom stereocenters. The molecule has 0 bridgehead atoms. The first-order chi connectivity index (χ1) is 11.3. The number of benzene rings is 1. The molecule has 9 heteroatoms. The normalized spacial score (nSPS) is 14.8. The molecule has 0 atom stereocenters. The standard InChI is InChI=1S/C15H19N5O3S/c1-18(2)24(22,23)12-7-6-11-5-4-8-20(13(11)9-12)15(21)14-10-16-17-19(14)3/h6-7,9-10H,4-5,8H2,1-3H3. The molecule has 0 spiro atoms. The van der Waals surface area contributed by atoms with Crippen molar-refractivity contribution in [2.24, 2.45) is 7.05 Å². The molecule has 24 heavy (non-hydrogen) atoms. The molecule has 0 saturated heterocycles. The first kappa shape index (κ1) is 16.6. The topological polar surface area (TPSA) is 88.4 Å². The van der Waals surface area contributed by atoms with E-state index in [2.05, 4.69) is 10.3 Å². The Bertz CT molecular complexity index is 888. The largest absolute Gasteiger partial charge is 0.307 e. The zero-order valence-electron chi connectivity index (χ0n) is 13.8. The number of anilines is 1. The van der Waals surface area contributed by atoms with Crippen molar-refractivity contribution in [1.82, 2.24) is 19.3 Å². The van der Waals surface area contributed by atoms with Gasteiger partial charge in [0.05, 0.1) is 11.1 Å². The SMILES string of the molecule is CN(C)S(=O)(=O)c1ccc2c(c1)N(C(=O)c1cnnn1C)CCC2. The summed E-state index contributed by atoms with van der Waals surface area (Å²) in [4.78, 5) is 14.6. The zero-order valence-corrected chi connectivity index (χ0v) is 14.6. The molecular formula is C15H19N5O3S. The van der Waals surface area contributed by atoms with E-state index < -0.39 is 10.0 Å². The van der Waals surface area contributed by atoms with Crippen molar-refractivity contribution in [2.45, 2.75) is 17.7 Å². The minimum Gasteiger partial charge on any atom is -0.307 e. The maximum absolute atomic E-state index is 12.8. The highest BCUT2D eigenvalue weighted by atomic mass is 32.2. The number of hydrogen-bond acceptors (Lipinski definition) is 5. The summed E-state index contributed by atoms with van der Waals surface area (Å²) < 4.78 is 27.3. The van der Waals surface area contributed by atoms with Gasteiger partial charge >= 0.3 is 0 Å². The molecule has 0 fully saturated rings. The van der Waals surface area contributed by atoms with Gasteiger partial charge in [0, 0.05) is 33.4 Å². The number of aryl methyl sites for hydroxylation is 2. The number of nitrogens with zero attached hydrogens (tertiary/aromatic N) is 5. The van der Waals surface area contributed by atoms with E-state index in [1.54, 1.807) is 30.1 Å². The summed E-state index contributed by atoms with van der Waals surface area (Å²) in [5.41, 5.74) is 1.96. The lowest BCUT2D eigenvalue weighted by Crippen LogP contribution is -2.36. The lowest BCUT2D eigenvalue weighted by molar-refractivity contribution is 0.0976. The molecule has 0 saturated carbocycles. The van der Waals surface area contributed by atoms with Gasteiger partial charge in [-0.05, 0) is 30.5 Å². The fraction of sp³-hybridized carbons (Fsp3) is 0.400. The van der Waals surface area contributed by atoms with E-state index in [-0.39, 0.29) is 10.8 Å². The third-order valence-electron chi connectivity index (χ3n) is 4.13. The van der Waals surface area contributed by atoms with Crippen LogP contribution in [0.15, 0.2) is 29.3 Å². The Balaban J connectivity index is 2.06. The van der Waals surface area contributed by atoms with Crippen LogP contribution in [0.1, 0.15) is 22.5 Å². The van der Waals surface area contributed by atoms with Gasteiger partial charge in [-0.15, -0.1) is 5.10 Å². The summed E-state index contributed by atoms with van der Waals surface area (Å²) in [5, 5.41) is 7.52. The Kier molecular flexibility index (Phi) is 4.14. The Morgan fingerprint density at radius 1 is 1.29 bits per heavy atom. The van der Waals surface area contributed by atoms with Crippen molar-refractivity contribution in [3.8, 4) is 0 Å². The first-order valence-corrected chi connectivity index (χ1v) is 8.98. The maximum atomic E-state index is 12.8. The molecule has 2 heterocycles. The fourth-order valence-electron chi connectivity index (χ4n) is 2.76. The van der Waals surface area contributed by atoms with Crippen LogP contribution in [0.2, 0.25) is 0 Å². The average Bonchev–Trinajstić information content (AvgIpc) is 2.99. The fourth-order valence-corrected chi connectivity index (χ4v) is 3.68. The van der Waals surface area contributed by atoms with E-state index in [4.69, 9.17) is 0 Å². The maximum Gasteiger partial charge on any atom is 0.278 e. The molecule has 0 N–H and O–H groups in total.